The van der Waals surface area contributed by atoms with Gasteiger partial charge in [0, 0.05) is 6.08 Å². The topological polar surface area (TPSA) is 63.2 Å². The van der Waals surface area contributed by atoms with Gasteiger partial charge in [-0.05, 0) is 29.7 Å². The third kappa shape index (κ3) is 7.73. The largest absolute Gasteiger partial charge is 0.497 e. The molecule has 0 unspecified atom stereocenters. The number of carbonyl (C=O) groups is 1. The average Bonchev–Trinajstić information content (AvgIpc) is 2.68. The van der Waals surface area contributed by atoms with E-state index < -0.39 is 27.1 Å². The highest BCUT2D eigenvalue weighted by Gasteiger charge is 2.45. The SMILES string of the molecule is CC.C[C@H](NC(=O)/C=C/c1ccccc1)c1cccc(CS(=O)(=O)C(F)(F)F)c1. The van der Waals surface area contributed by atoms with Gasteiger partial charge >= 0.3 is 5.51 Å². The second-order valence-corrected chi connectivity index (χ2v) is 7.91. The van der Waals surface area contributed by atoms with Gasteiger partial charge in [0.2, 0.25) is 5.91 Å². The van der Waals surface area contributed by atoms with Gasteiger partial charge < -0.3 is 5.32 Å². The number of amides is 1. The third-order valence-electron chi connectivity index (χ3n) is 3.75. The van der Waals surface area contributed by atoms with E-state index in [0.717, 1.165) is 5.56 Å². The van der Waals surface area contributed by atoms with Crippen LogP contribution in [0.5, 0.6) is 0 Å². The number of alkyl halides is 3. The second kappa shape index (κ2) is 10.8. The van der Waals surface area contributed by atoms with Crippen molar-refractivity contribution in [1.29, 1.82) is 0 Å². The van der Waals surface area contributed by atoms with Gasteiger partial charge in [0.15, 0.2) is 0 Å². The molecule has 8 heteroatoms. The Morgan fingerprint density at radius 1 is 1.07 bits per heavy atom. The van der Waals surface area contributed by atoms with Gasteiger partial charge in [-0.2, -0.15) is 13.2 Å². The molecule has 0 heterocycles. The first kappa shape index (κ1) is 24.4. The first-order chi connectivity index (χ1) is 13.6. The van der Waals surface area contributed by atoms with Gasteiger partial charge in [-0.3, -0.25) is 4.79 Å². The predicted octanol–water partition coefficient (Wildman–Crippen LogP) is 5.04. The summed E-state index contributed by atoms with van der Waals surface area (Å²) in [4.78, 5) is 12.0. The number of carbonyl (C=O) groups excluding carboxylic acids is 1. The van der Waals surface area contributed by atoms with Crippen molar-refractivity contribution in [3.8, 4) is 0 Å². The van der Waals surface area contributed by atoms with E-state index in [1.165, 1.54) is 24.3 Å². The first-order valence-electron chi connectivity index (χ1n) is 9.00. The van der Waals surface area contributed by atoms with Crippen LogP contribution in [0.1, 0.15) is 43.5 Å². The first-order valence-corrected chi connectivity index (χ1v) is 10.7. The van der Waals surface area contributed by atoms with E-state index in [1.54, 1.807) is 19.1 Å². The molecule has 158 valence electrons. The van der Waals surface area contributed by atoms with Gasteiger partial charge in [-0.1, -0.05) is 68.4 Å². The van der Waals surface area contributed by atoms with Crippen molar-refractivity contribution in [1.82, 2.24) is 5.32 Å². The highest BCUT2D eigenvalue weighted by molar-refractivity contribution is 7.91. The van der Waals surface area contributed by atoms with Gasteiger partial charge in [0.05, 0.1) is 11.8 Å². The van der Waals surface area contributed by atoms with Crippen molar-refractivity contribution in [3.05, 3.63) is 77.4 Å². The normalized spacial score (nSPS) is 12.8. The number of benzene rings is 2. The van der Waals surface area contributed by atoms with Crippen LogP contribution in [-0.2, 0) is 20.4 Å². The van der Waals surface area contributed by atoms with Crippen molar-refractivity contribution in [2.45, 2.75) is 38.1 Å². The fraction of sp³-hybridized carbons (Fsp3) is 0.286. The molecule has 0 saturated heterocycles. The summed E-state index contributed by atoms with van der Waals surface area (Å²) < 4.78 is 60.2. The Bertz CT molecular complexity index is 924. The van der Waals surface area contributed by atoms with Crippen LogP contribution in [0, 0.1) is 0 Å². The summed E-state index contributed by atoms with van der Waals surface area (Å²) in [5.41, 5.74) is -3.94. The zero-order valence-electron chi connectivity index (χ0n) is 16.4. The zero-order chi connectivity index (χ0) is 22.1. The highest BCUT2D eigenvalue weighted by atomic mass is 32.2. The van der Waals surface area contributed by atoms with Crippen LogP contribution in [0.3, 0.4) is 0 Å². The van der Waals surface area contributed by atoms with Gasteiger partial charge in [0.1, 0.15) is 0 Å². The van der Waals surface area contributed by atoms with E-state index in [4.69, 9.17) is 0 Å². The maximum atomic E-state index is 12.5. The number of sulfone groups is 1. The lowest BCUT2D eigenvalue weighted by Gasteiger charge is -2.15. The lowest BCUT2D eigenvalue weighted by atomic mass is 10.1. The van der Waals surface area contributed by atoms with Crippen LogP contribution in [-0.4, -0.2) is 19.8 Å². The van der Waals surface area contributed by atoms with Crippen molar-refractivity contribution < 1.29 is 26.4 Å². The average molecular weight is 427 g/mol. The molecule has 0 aliphatic rings. The van der Waals surface area contributed by atoms with Crippen LogP contribution < -0.4 is 5.32 Å². The minimum atomic E-state index is -5.30. The molecule has 2 aromatic carbocycles. The predicted molar refractivity (Wildman–Crippen MR) is 109 cm³/mol. The molecule has 0 aliphatic carbocycles. The molecule has 0 bridgehead atoms. The Hall–Kier alpha value is -2.61. The van der Waals surface area contributed by atoms with E-state index in [1.807, 2.05) is 44.2 Å². The minimum Gasteiger partial charge on any atom is -0.346 e. The minimum absolute atomic E-state index is 0.00533. The van der Waals surface area contributed by atoms with Gasteiger partial charge in [-0.25, -0.2) is 8.42 Å². The third-order valence-corrected chi connectivity index (χ3v) is 5.16. The molecule has 1 atom stereocenters. The highest BCUT2D eigenvalue weighted by Crippen LogP contribution is 2.27. The molecular weight excluding hydrogens is 403 g/mol. The zero-order valence-corrected chi connectivity index (χ0v) is 17.2. The number of nitrogens with one attached hydrogen (secondary N) is 1. The molecule has 0 aromatic heterocycles. The Balaban J connectivity index is 0.00000204. The summed E-state index contributed by atoms with van der Waals surface area (Å²) in [6.07, 6.45) is 2.98. The van der Waals surface area contributed by atoms with Gasteiger partial charge in [-0.15, -0.1) is 0 Å². The van der Waals surface area contributed by atoms with Crippen LogP contribution in [0.2, 0.25) is 0 Å². The van der Waals surface area contributed by atoms with Crippen molar-refractivity contribution in [3.63, 3.8) is 0 Å². The lowest BCUT2D eigenvalue weighted by Crippen LogP contribution is -2.26. The smallest absolute Gasteiger partial charge is 0.346 e. The fourth-order valence-electron chi connectivity index (χ4n) is 2.33. The number of hydrogen-bond acceptors (Lipinski definition) is 3. The van der Waals surface area contributed by atoms with Crippen LogP contribution in [0.15, 0.2) is 60.7 Å². The Morgan fingerprint density at radius 3 is 2.28 bits per heavy atom. The van der Waals surface area contributed by atoms with Gasteiger partial charge in [0.25, 0.3) is 9.84 Å². The molecule has 29 heavy (non-hydrogen) atoms. The molecule has 1 N–H and O–H groups in total. The Morgan fingerprint density at radius 2 is 1.69 bits per heavy atom. The molecule has 0 fully saturated rings. The summed E-state index contributed by atoms with van der Waals surface area (Å²) in [6, 6.07) is 14.4. The number of hydrogen-bond donors (Lipinski definition) is 1. The van der Waals surface area contributed by atoms with E-state index >= 15 is 0 Å². The van der Waals surface area contributed by atoms with E-state index in [2.05, 4.69) is 5.32 Å². The Labute approximate surface area is 169 Å². The van der Waals surface area contributed by atoms with E-state index in [-0.39, 0.29) is 11.5 Å². The summed E-state index contributed by atoms with van der Waals surface area (Å²) >= 11 is 0. The lowest BCUT2D eigenvalue weighted by molar-refractivity contribution is -0.117. The molecule has 4 nitrogen and oxygen atoms in total. The monoisotopic (exact) mass is 427 g/mol. The standard InChI is InChI=1S/C19H18F3NO3S.C2H6/c1-14(23-18(24)11-10-15-6-3-2-4-7-15)17-9-5-8-16(12-17)13-27(25,26)19(20,21)22;1-2/h2-12,14H,13H2,1H3,(H,23,24);1-2H3/b11-10+;/t14-;/m0./s1. The maximum absolute atomic E-state index is 12.5. The second-order valence-electron chi connectivity index (χ2n) is 5.92. The number of rotatable bonds is 6. The maximum Gasteiger partial charge on any atom is 0.497 e. The molecule has 0 radical (unpaired) electrons. The van der Waals surface area contributed by atoms with Crippen molar-refractivity contribution >= 4 is 21.8 Å². The van der Waals surface area contributed by atoms with Crippen LogP contribution in [0.4, 0.5) is 13.2 Å². The number of halogens is 3. The summed E-state index contributed by atoms with van der Waals surface area (Å²) in [6.45, 7) is 5.66. The fourth-order valence-corrected chi connectivity index (χ4v) is 3.12. The molecule has 0 saturated carbocycles. The van der Waals surface area contributed by atoms with Crippen molar-refractivity contribution in [2.24, 2.45) is 0 Å². The summed E-state index contributed by atoms with van der Waals surface area (Å²) in [5.74, 6) is -1.52. The molecule has 2 rings (SSSR count). The van der Waals surface area contributed by atoms with Crippen LogP contribution in [0.25, 0.3) is 6.08 Å². The Kier molecular flexibility index (Phi) is 9.10. The summed E-state index contributed by atoms with van der Waals surface area (Å²) in [7, 11) is -5.25. The van der Waals surface area contributed by atoms with E-state index in [0.29, 0.717) is 5.56 Å². The quantitative estimate of drug-likeness (QED) is 0.657. The van der Waals surface area contributed by atoms with Crippen molar-refractivity contribution in [2.75, 3.05) is 0 Å². The molecule has 0 aliphatic heterocycles. The molecular formula is C21H24F3NO3S. The molecule has 1 amide bonds. The van der Waals surface area contributed by atoms with E-state index in [9.17, 15) is 26.4 Å². The molecule has 2 aromatic rings. The molecule has 0 spiro atoms. The van der Waals surface area contributed by atoms with Crippen LogP contribution >= 0.6 is 0 Å². The summed E-state index contributed by atoms with van der Waals surface area (Å²) in [5, 5.41) is 2.69.